The quantitative estimate of drug-likeness (QED) is 0.746. The summed E-state index contributed by atoms with van der Waals surface area (Å²) >= 11 is 0. The van der Waals surface area contributed by atoms with E-state index in [1.54, 1.807) is 6.20 Å². The van der Waals surface area contributed by atoms with E-state index < -0.39 is 20.1 Å². The van der Waals surface area contributed by atoms with Gasteiger partial charge < -0.3 is 5.73 Å². The van der Waals surface area contributed by atoms with Gasteiger partial charge in [0.2, 0.25) is 0 Å². The molecule has 1 heterocycles. The van der Waals surface area contributed by atoms with Crippen LogP contribution in [-0.2, 0) is 0 Å². The number of nitrogens with two attached hydrogens (primary N) is 1. The van der Waals surface area contributed by atoms with Crippen LogP contribution >= 0.6 is 20.1 Å². The minimum atomic E-state index is -0.904. The summed E-state index contributed by atoms with van der Waals surface area (Å²) in [6.45, 7) is 0. The molecule has 0 aromatic carbocycles. The monoisotopic (exact) mass is 295 g/mol. The molecule has 0 bridgehead atoms. The third-order valence-corrected chi connectivity index (χ3v) is 3.19. The first kappa shape index (κ1) is 15.8. The summed E-state index contributed by atoms with van der Waals surface area (Å²) in [6, 6.07) is 0. The molecule has 1 aromatic rings. The summed E-state index contributed by atoms with van der Waals surface area (Å²) in [6.07, 6.45) is 14.4. The maximum absolute atomic E-state index is 5.79. The number of hydrogen-bond donors (Lipinski definition) is 1. The molecule has 0 spiro atoms. The Balaban J connectivity index is 3.13. The zero-order valence-electron chi connectivity index (χ0n) is 12.4. The molecule has 0 unspecified atom stereocenters. The molecule has 19 heavy (non-hydrogen) atoms. The predicted molar refractivity (Wildman–Crippen MR) is 90.9 cm³/mol. The van der Waals surface area contributed by atoms with Crippen LogP contribution in [0.1, 0.15) is 11.4 Å². The van der Waals surface area contributed by atoms with Crippen LogP contribution in [0.25, 0.3) is 0 Å². The van der Waals surface area contributed by atoms with Gasteiger partial charge in [-0.05, 0) is 59.9 Å². The summed E-state index contributed by atoms with van der Waals surface area (Å²) in [7, 11) is -1.78. The van der Waals surface area contributed by atoms with Gasteiger partial charge in [0.1, 0.15) is 5.69 Å². The Morgan fingerprint density at radius 2 is 1.47 bits per heavy atom. The van der Waals surface area contributed by atoms with E-state index in [-0.39, 0.29) is 0 Å². The van der Waals surface area contributed by atoms with E-state index in [9.17, 15) is 0 Å². The fraction of sp³-hybridized carbons (Fsp3) is 0.429. The standard InChI is InChI=1S/C14H21N3S2/c1-18(2,3)9-7-12-11-16-14(15)13(17-12)8-10-19(4,5)6/h11H,1-6H3,(H2,15,16). The minimum Gasteiger partial charge on any atom is -0.381 e. The Morgan fingerprint density at radius 1 is 0.947 bits per heavy atom. The maximum atomic E-state index is 5.79. The van der Waals surface area contributed by atoms with Crippen molar-refractivity contribution in [1.29, 1.82) is 0 Å². The van der Waals surface area contributed by atoms with Gasteiger partial charge >= 0.3 is 0 Å². The molecule has 1 rings (SSSR count). The zero-order valence-corrected chi connectivity index (χ0v) is 14.0. The Labute approximate surface area is 119 Å². The fourth-order valence-electron chi connectivity index (χ4n) is 0.957. The summed E-state index contributed by atoms with van der Waals surface area (Å²) in [5, 5.41) is 6.39. The normalized spacial score (nSPS) is 12.7. The highest BCUT2D eigenvalue weighted by Crippen LogP contribution is 2.33. The van der Waals surface area contributed by atoms with E-state index in [0.29, 0.717) is 17.2 Å². The van der Waals surface area contributed by atoms with Crippen molar-refractivity contribution < 1.29 is 0 Å². The first-order valence-electron chi connectivity index (χ1n) is 5.61. The van der Waals surface area contributed by atoms with Gasteiger partial charge in [0, 0.05) is 0 Å². The van der Waals surface area contributed by atoms with Crippen molar-refractivity contribution in [3.63, 3.8) is 0 Å². The molecule has 3 nitrogen and oxygen atoms in total. The molecule has 2 N–H and O–H groups in total. The number of hydrogen-bond acceptors (Lipinski definition) is 3. The molecule has 0 saturated carbocycles. The maximum Gasteiger partial charge on any atom is 0.158 e. The molecule has 0 atom stereocenters. The Kier molecular flexibility index (Phi) is 4.79. The molecule has 5 heteroatoms. The molecule has 1 aromatic heterocycles. The highest BCUT2D eigenvalue weighted by Gasteiger charge is 2.03. The molecule has 0 amide bonds. The molecule has 0 radical (unpaired) electrons. The first-order valence-corrected chi connectivity index (χ1v) is 11.3. The number of nitrogen functional groups attached to an aromatic ring is 1. The summed E-state index contributed by atoms with van der Waals surface area (Å²) in [4.78, 5) is 8.48. The summed E-state index contributed by atoms with van der Waals surface area (Å²) in [5.74, 6) is 6.43. The van der Waals surface area contributed by atoms with E-state index in [1.807, 2.05) is 0 Å². The van der Waals surface area contributed by atoms with Crippen LogP contribution < -0.4 is 5.73 Å². The SMILES string of the molecule is CS(C)(C)C#Cc1cnc(N)c(C#CS(C)(C)C)n1. The Hall–Kier alpha value is -1.30. The van der Waals surface area contributed by atoms with Gasteiger partial charge in [0.05, 0.1) is 6.20 Å². The molecular weight excluding hydrogens is 274 g/mol. The lowest BCUT2D eigenvalue weighted by molar-refractivity contribution is 1.16. The van der Waals surface area contributed by atoms with Gasteiger partial charge in [-0.15, -0.1) is 0 Å². The highest BCUT2D eigenvalue weighted by molar-refractivity contribution is 8.36. The van der Waals surface area contributed by atoms with Crippen molar-refractivity contribution in [2.24, 2.45) is 0 Å². The zero-order chi connectivity index (χ0) is 14.7. The average Bonchev–Trinajstić information content (AvgIpc) is 2.24. The van der Waals surface area contributed by atoms with Gasteiger partial charge in [-0.2, -0.15) is 20.1 Å². The number of aromatic nitrogens is 2. The first-order chi connectivity index (χ1) is 8.57. The lowest BCUT2D eigenvalue weighted by atomic mass is 10.4. The van der Waals surface area contributed by atoms with Gasteiger partial charge in [0.25, 0.3) is 0 Å². The van der Waals surface area contributed by atoms with Crippen LogP contribution in [0.15, 0.2) is 6.20 Å². The van der Waals surface area contributed by atoms with Gasteiger partial charge in [0.15, 0.2) is 11.5 Å². The van der Waals surface area contributed by atoms with E-state index >= 15 is 0 Å². The van der Waals surface area contributed by atoms with Gasteiger partial charge in [-0.3, -0.25) is 0 Å². The molecule has 0 aliphatic carbocycles. The highest BCUT2D eigenvalue weighted by atomic mass is 32.3. The van der Waals surface area contributed by atoms with Crippen molar-refractivity contribution in [3.8, 4) is 22.3 Å². The molecule has 0 aliphatic heterocycles. The number of nitrogens with zero attached hydrogens (tertiary/aromatic N) is 2. The van der Waals surface area contributed by atoms with E-state index in [2.05, 4.69) is 69.8 Å². The molecule has 0 fully saturated rings. The average molecular weight is 295 g/mol. The van der Waals surface area contributed by atoms with Crippen LogP contribution in [0.5, 0.6) is 0 Å². The van der Waals surface area contributed by atoms with Crippen molar-refractivity contribution in [2.45, 2.75) is 0 Å². The van der Waals surface area contributed by atoms with E-state index in [1.165, 1.54) is 0 Å². The topological polar surface area (TPSA) is 51.8 Å². The van der Waals surface area contributed by atoms with Crippen molar-refractivity contribution in [3.05, 3.63) is 17.6 Å². The smallest absolute Gasteiger partial charge is 0.158 e. The lowest BCUT2D eigenvalue weighted by Gasteiger charge is -2.15. The molecule has 104 valence electrons. The second kappa shape index (κ2) is 5.77. The largest absolute Gasteiger partial charge is 0.381 e. The van der Waals surface area contributed by atoms with Crippen LogP contribution in [0.2, 0.25) is 0 Å². The van der Waals surface area contributed by atoms with Gasteiger partial charge in [-0.25, -0.2) is 9.97 Å². The Bertz CT molecular complexity index is 588. The van der Waals surface area contributed by atoms with Crippen molar-refractivity contribution in [1.82, 2.24) is 9.97 Å². The minimum absolute atomic E-state index is 0.366. The van der Waals surface area contributed by atoms with Crippen LogP contribution in [0.3, 0.4) is 0 Å². The van der Waals surface area contributed by atoms with Crippen molar-refractivity contribution >= 4 is 25.9 Å². The summed E-state index contributed by atoms with van der Waals surface area (Å²) < 4.78 is 0. The predicted octanol–water partition coefficient (Wildman–Crippen LogP) is 2.06. The lowest BCUT2D eigenvalue weighted by Crippen LogP contribution is -2.00. The Morgan fingerprint density at radius 3 is 2.00 bits per heavy atom. The fourth-order valence-corrected chi connectivity index (χ4v) is 1.77. The number of rotatable bonds is 0. The third-order valence-electron chi connectivity index (χ3n) is 1.76. The van der Waals surface area contributed by atoms with Crippen molar-refractivity contribution in [2.75, 3.05) is 43.3 Å². The van der Waals surface area contributed by atoms with E-state index in [4.69, 9.17) is 5.73 Å². The molecular formula is C14H21N3S2. The second-order valence-corrected chi connectivity index (χ2v) is 13.4. The summed E-state index contributed by atoms with van der Waals surface area (Å²) in [5.41, 5.74) is 6.95. The third kappa shape index (κ3) is 6.42. The van der Waals surface area contributed by atoms with Gasteiger partial charge in [-0.1, -0.05) is 0 Å². The second-order valence-electron chi connectivity index (χ2n) is 5.62. The molecule has 0 saturated heterocycles. The number of anilines is 1. The van der Waals surface area contributed by atoms with Crippen LogP contribution in [-0.4, -0.2) is 47.5 Å². The van der Waals surface area contributed by atoms with E-state index in [0.717, 1.165) is 0 Å². The van der Waals surface area contributed by atoms with Crippen LogP contribution in [0, 0.1) is 22.3 Å². The van der Waals surface area contributed by atoms with Crippen LogP contribution in [0.4, 0.5) is 5.82 Å². The molecule has 0 aliphatic rings.